The number of hydrogen-bond donors (Lipinski definition) is 2. The molecule has 188 valence electrons. The van der Waals surface area contributed by atoms with Gasteiger partial charge < -0.3 is 14.6 Å². The van der Waals surface area contributed by atoms with E-state index in [0.717, 1.165) is 15.7 Å². The Morgan fingerprint density at radius 3 is 2.42 bits per heavy atom. The molecule has 0 radical (unpaired) electrons. The summed E-state index contributed by atoms with van der Waals surface area (Å²) in [5.74, 6) is 0.254. The third kappa shape index (κ3) is 4.37. The van der Waals surface area contributed by atoms with Crippen molar-refractivity contribution < 1.29 is 19.4 Å². The van der Waals surface area contributed by atoms with Crippen LogP contribution >= 0.6 is 0 Å². The number of methoxy groups -OCH3 is 2. The van der Waals surface area contributed by atoms with E-state index in [4.69, 9.17) is 9.47 Å². The lowest BCUT2D eigenvalue weighted by Crippen LogP contribution is -2.33. The molecule has 3 aromatic rings. The van der Waals surface area contributed by atoms with Gasteiger partial charge in [0.15, 0.2) is 0 Å². The summed E-state index contributed by atoms with van der Waals surface area (Å²) in [4.78, 5) is 40.8. The first-order valence-electron chi connectivity index (χ1n) is 11.5. The van der Waals surface area contributed by atoms with Crippen LogP contribution in [0.2, 0.25) is 0 Å². The number of hydrogen-bond acceptors (Lipinski definition) is 7. The third-order valence-electron chi connectivity index (χ3n) is 6.10. The molecule has 2 heterocycles. The van der Waals surface area contributed by atoms with Crippen LogP contribution in [0.25, 0.3) is 5.69 Å². The van der Waals surface area contributed by atoms with Gasteiger partial charge in [-0.1, -0.05) is 13.0 Å². The summed E-state index contributed by atoms with van der Waals surface area (Å²) in [6, 6.07) is 9.98. The first kappa shape index (κ1) is 24.8. The average molecular weight is 493 g/mol. The molecule has 0 aliphatic carbocycles. The van der Waals surface area contributed by atoms with Crippen molar-refractivity contribution in [1.82, 2.24) is 14.6 Å². The van der Waals surface area contributed by atoms with E-state index >= 15 is 0 Å². The van der Waals surface area contributed by atoms with Gasteiger partial charge in [0.05, 0.1) is 31.7 Å². The predicted octanol–water partition coefficient (Wildman–Crippen LogP) is 2.95. The van der Waals surface area contributed by atoms with E-state index in [-0.39, 0.29) is 30.0 Å². The Hall–Kier alpha value is -4.34. The van der Waals surface area contributed by atoms with Crippen molar-refractivity contribution in [2.45, 2.75) is 39.7 Å². The Morgan fingerprint density at radius 2 is 1.81 bits per heavy atom. The lowest BCUT2D eigenvalue weighted by atomic mass is 9.97. The van der Waals surface area contributed by atoms with Gasteiger partial charge in [0.1, 0.15) is 17.1 Å². The van der Waals surface area contributed by atoms with E-state index in [1.54, 1.807) is 37.3 Å². The highest BCUT2D eigenvalue weighted by molar-refractivity contribution is 6.04. The predicted molar refractivity (Wildman–Crippen MR) is 134 cm³/mol. The number of rotatable bonds is 6. The number of aromatic nitrogens is 2. The maximum atomic E-state index is 12.9. The molecule has 0 spiro atoms. The molecule has 1 aliphatic heterocycles. The van der Waals surface area contributed by atoms with E-state index in [1.165, 1.54) is 19.2 Å². The number of amides is 1. The molecule has 10 nitrogen and oxygen atoms in total. The minimum Gasteiger partial charge on any atom is -0.497 e. The van der Waals surface area contributed by atoms with Crippen molar-refractivity contribution >= 4 is 11.6 Å². The van der Waals surface area contributed by atoms with Crippen LogP contribution < -0.4 is 20.7 Å². The first-order chi connectivity index (χ1) is 17.2. The second-order valence-corrected chi connectivity index (χ2v) is 8.61. The summed E-state index contributed by atoms with van der Waals surface area (Å²) in [6.07, 6.45) is 0.279. The van der Waals surface area contributed by atoms with Crippen molar-refractivity contribution in [3.63, 3.8) is 0 Å². The van der Waals surface area contributed by atoms with E-state index in [0.29, 0.717) is 22.7 Å². The fourth-order valence-corrected chi connectivity index (χ4v) is 4.50. The van der Waals surface area contributed by atoms with Crippen molar-refractivity contribution in [2.24, 2.45) is 5.10 Å². The van der Waals surface area contributed by atoms with Gasteiger partial charge in [0.2, 0.25) is 11.8 Å². The molecule has 1 atom stereocenters. The Kier molecular flexibility index (Phi) is 6.69. The minimum absolute atomic E-state index is 0.108. The van der Waals surface area contributed by atoms with Crippen molar-refractivity contribution in [2.75, 3.05) is 14.2 Å². The van der Waals surface area contributed by atoms with E-state index in [1.807, 2.05) is 19.9 Å². The number of carbonyl (C=O) groups is 1. The van der Waals surface area contributed by atoms with Gasteiger partial charge in [-0.2, -0.15) is 5.10 Å². The summed E-state index contributed by atoms with van der Waals surface area (Å²) in [6.45, 7) is 5.44. The summed E-state index contributed by atoms with van der Waals surface area (Å²) < 4.78 is 11.9. The Labute approximate surface area is 207 Å². The van der Waals surface area contributed by atoms with Gasteiger partial charge in [-0.25, -0.2) is 14.4 Å². The fourth-order valence-electron chi connectivity index (χ4n) is 4.50. The number of nitrogens with one attached hydrogen (secondary N) is 1. The molecule has 0 saturated heterocycles. The van der Waals surface area contributed by atoms with Gasteiger partial charge >= 0.3 is 5.69 Å². The highest BCUT2D eigenvalue weighted by Crippen LogP contribution is 2.40. The number of aromatic amines is 1. The average Bonchev–Trinajstić information content (AvgIpc) is 3.26. The van der Waals surface area contributed by atoms with Gasteiger partial charge in [-0.15, -0.1) is 0 Å². The molecule has 1 aromatic heterocycles. The van der Waals surface area contributed by atoms with Crippen molar-refractivity contribution in [1.29, 1.82) is 0 Å². The summed E-state index contributed by atoms with van der Waals surface area (Å²) >= 11 is 0. The van der Waals surface area contributed by atoms with Gasteiger partial charge in [0.25, 0.3) is 5.56 Å². The summed E-state index contributed by atoms with van der Waals surface area (Å²) in [5.41, 5.74) is 1.22. The number of H-pyrrole nitrogens is 1. The standard InChI is InChI=1S/C26H28N4O6/c1-6-22(31)30-20(18-12-17(35-4)7-8-21(18)36-5)13-19(28-30)23-24(32)27-26(34)29(25(23)33)16-10-14(2)9-15(3)11-16/h7-12,20,33H,6,13H2,1-5H3,(H,27,32,34)/t20-/m1/s1. The van der Waals surface area contributed by atoms with Crippen LogP contribution in [0, 0.1) is 13.8 Å². The van der Waals surface area contributed by atoms with Gasteiger partial charge in [0, 0.05) is 18.4 Å². The second kappa shape index (κ2) is 9.73. The number of benzene rings is 2. The Bertz CT molecular complexity index is 1470. The number of nitrogens with zero attached hydrogens (tertiary/aromatic N) is 3. The number of ether oxygens (including phenoxy) is 2. The topological polar surface area (TPSA) is 126 Å². The zero-order valence-corrected chi connectivity index (χ0v) is 20.8. The Morgan fingerprint density at radius 1 is 1.11 bits per heavy atom. The van der Waals surface area contributed by atoms with Crippen LogP contribution in [0.4, 0.5) is 0 Å². The number of hydrazone groups is 1. The minimum atomic E-state index is -0.793. The van der Waals surface area contributed by atoms with Gasteiger partial charge in [-0.3, -0.25) is 14.6 Å². The largest absolute Gasteiger partial charge is 0.497 e. The molecular formula is C26H28N4O6. The quantitative estimate of drug-likeness (QED) is 0.545. The lowest BCUT2D eigenvalue weighted by molar-refractivity contribution is -0.132. The van der Waals surface area contributed by atoms with Crippen molar-refractivity contribution in [3.8, 4) is 23.1 Å². The zero-order valence-electron chi connectivity index (χ0n) is 20.8. The zero-order chi connectivity index (χ0) is 26.1. The molecule has 36 heavy (non-hydrogen) atoms. The molecule has 10 heteroatoms. The van der Waals surface area contributed by atoms with Crippen LogP contribution in [0.3, 0.4) is 0 Å². The number of aromatic hydroxyl groups is 1. The van der Waals surface area contributed by atoms with Crippen LogP contribution in [0.5, 0.6) is 17.4 Å². The molecule has 2 N–H and O–H groups in total. The summed E-state index contributed by atoms with van der Waals surface area (Å²) in [7, 11) is 3.05. The number of carbonyl (C=O) groups excluding carboxylic acids is 1. The van der Waals surface area contributed by atoms with Crippen molar-refractivity contribution in [3.05, 3.63) is 79.5 Å². The molecule has 4 rings (SSSR count). The third-order valence-corrected chi connectivity index (χ3v) is 6.10. The monoisotopic (exact) mass is 492 g/mol. The maximum absolute atomic E-state index is 12.9. The second-order valence-electron chi connectivity index (χ2n) is 8.61. The molecular weight excluding hydrogens is 464 g/mol. The molecule has 1 amide bonds. The van der Waals surface area contributed by atoms with Crippen LogP contribution in [-0.2, 0) is 4.79 Å². The maximum Gasteiger partial charge on any atom is 0.335 e. The van der Waals surface area contributed by atoms with Crippen LogP contribution in [-0.4, -0.2) is 45.5 Å². The normalized spacial score (nSPS) is 15.1. The van der Waals surface area contributed by atoms with E-state index < -0.39 is 23.2 Å². The smallest absolute Gasteiger partial charge is 0.335 e. The van der Waals surface area contributed by atoms with Crippen LogP contribution in [0.1, 0.15) is 48.1 Å². The van der Waals surface area contributed by atoms with E-state index in [2.05, 4.69) is 10.1 Å². The molecule has 0 bridgehead atoms. The first-order valence-corrected chi connectivity index (χ1v) is 11.5. The van der Waals surface area contributed by atoms with Crippen LogP contribution in [0.15, 0.2) is 51.1 Å². The van der Waals surface area contributed by atoms with E-state index in [9.17, 15) is 19.5 Å². The SMILES string of the molecule is CCC(=O)N1N=C(c2c(O)n(-c3cc(C)cc(C)c3)c(=O)[nH]c2=O)C[C@@H]1c1cc(OC)ccc1OC. The molecule has 2 aromatic carbocycles. The van der Waals surface area contributed by atoms with Gasteiger partial charge in [-0.05, 0) is 55.3 Å². The molecule has 0 unspecified atom stereocenters. The lowest BCUT2D eigenvalue weighted by Gasteiger charge is -2.23. The molecule has 0 fully saturated rings. The summed E-state index contributed by atoms with van der Waals surface area (Å²) in [5, 5.41) is 16.9. The Balaban J connectivity index is 1.88. The molecule has 1 aliphatic rings. The number of aryl methyl sites for hydroxylation is 2. The molecule has 0 saturated carbocycles. The highest BCUT2D eigenvalue weighted by Gasteiger charge is 2.37. The fraction of sp³-hybridized carbons (Fsp3) is 0.308. The highest BCUT2D eigenvalue weighted by atomic mass is 16.5.